The van der Waals surface area contributed by atoms with Crippen LogP contribution in [0.5, 0.6) is 6.01 Å². The van der Waals surface area contributed by atoms with Gasteiger partial charge >= 0.3 is 6.01 Å². The molecule has 14 heavy (non-hydrogen) atoms. The summed E-state index contributed by atoms with van der Waals surface area (Å²) in [6, 6.07) is -0.0261. The number of nitrogens with zero attached hydrogens (tertiary/aromatic N) is 3. The summed E-state index contributed by atoms with van der Waals surface area (Å²) in [6.07, 6.45) is -2.49. The minimum absolute atomic E-state index is 0.0261. The van der Waals surface area contributed by atoms with Crippen molar-refractivity contribution in [2.24, 2.45) is 0 Å². The van der Waals surface area contributed by atoms with Crippen molar-refractivity contribution in [2.45, 2.75) is 6.43 Å². The van der Waals surface area contributed by atoms with Gasteiger partial charge in [-0.1, -0.05) is 0 Å². The lowest BCUT2D eigenvalue weighted by Crippen LogP contribution is -2.13. The van der Waals surface area contributed by atoms with E-state index in [1.165, 1.54) is 7.11 Å². The first-order valence-electron chi connectivity index (χ1n) is 3.59. The smallest absolute Gasteiger partial charge is 0.322 e. The Bertz CT molecular complexity index is 312. The monoisotopic (exact) mass is 224 g/mol. The number of ether oxygens (including phenoxy) is 1. The van der Waals surface area contributed by atoms with Crippen LogP contribution >= 0.6 is 11.6 Å². The molecule has 0 saturated carbocycles. The Morgan fingerprint density at radius 2 is 2.14 bits per heavy atom. The molecule has 1 heterocycles. The molecule has 0 aromatic carbocycles. The number of nitrogens with one attached hydrogen (secondary N) is 1. The van der Waals surface area contributed by atoms with Crippen LogP contribution in [0.1, 0.15) is 0 Å². The van der Waals surface area contributed by atoms with Gasteiger partial charge in [-0.25, -0.2) is 8.78 Å². The summed E-state index contributed by atoms with van der Waals surface area (Å²) in [5.41, 5.74) is 0. The first-order chi connectivity index (χ1) is 6.61. The number of rotatable bonds is 4. The van der Waals surface area contributed by atoms with Gasteiger partial charge in [0.05, 0.1) is 13.7 Å². The largest absolute Gasteiger partial charge is 0.467 e. The van der Waals surface area contributed by atoms with Crippen LogP contribution < -0.4 is 10.1 Å². The van der Waals surface area contributed by atoms with E-state index in [4.69, 9.17) is 11.6 Å². The number of hydrogen-bond acceptors (Lipinski definition) is 5. The Hall–Kier alpha value is -1.24. The molecule has 0 saturated heterocycles. The standard InChI is InChI=1S/C6H7ClF2N4O/c1-14-6-12-4(7)11-5(13-6)10-2-3(8)9/h3H,2H2,1H3,(H,10,11,12,13). The predicted molar refractivity (Wildman–Crippen MR) is 45.9 cm³/mol. The van der Waals surface area contributed by atoms with E-state index in [0.717, 1.165) is 0 Å². The van der Waals surface area contributed by atoms with E-state index in [9.17, 15) is 8.78 Å². The Morgan fingerprint density at radius 3 is 2.71 bits per heavy atom. The molecular weight excluding hydrogens is 218 g/mol. The quantitative estimate of drug-likeness (QED) is 0.833. The molecule has 1 rings (SSSR count). The molecule has 1 N–H and O–H groups in total. The molecule has 1 aromatic heterocycles. The second-order valence-corrected chi connectivity index (χ2v) is 2.52. The number of alkyl halides is 2. The minimum atomic E-state index is -2.49. The van der Waals surface area contributed by atoms with Crippen LogP contribution in [-0.4, -0.2) is 35.0 Å². The Kier molecular flexibility index (Phi) is 3.75. The lowest BCUT2D eigenvalue weighted by molar-refractivity contribution is 0.163. The van der Waals surface area contributed by atoms with Crippen molar-refractivity contribution in [1.29, 1.82) is 0 Å². The van der Waals surface area contributed by atoms with E-state index in [1.807, 2.05) is 0 Å². The van der Waals surface area contributed by atoms with Gasteiger partial charge < -0.3 is 10.1 Å². The van der Waals surface area contributed by atoms with Gasteiger partial charge in [0.15, 0.2) is 0 Å². The molecule has 0 unspecified atom stereocenters. The SMILES string of the molecule is COc1nc(Cl)nc(NCC(F)F)n1. The van der Waals surface area contributed by atoms with E-state index in [1.54, 1.807) is 0 Å². The highest BCUT2D eigenvalue weighted by molar-refractivity contribution is 6.28. The maximum atomic E-state index is 11.8. The van der Waals surface area contributed by atoms with Gasteiger partial charge in [0.25, 0.3) is 6.43 Å². The normalized spacial score (nSPS) is 10.4. The first-order valence-corrected chi connectivity index (χ1v) is 3.97. The van der Waals surface area contributed by atoms with Gasteiger partial charge in [-0.2, -0.15) is 15.0 Å². The molecule has 1 aromatic rings. The fourth-order valence-electron chi connectivity index (χ4n) is 0.671. The molecule has 0 spiro atoms. The second kappa shape index (κ2) is 4.85. The summed E-state index contributed by atoms with van der Waals surface area (Å²) in [5.74, 6) is -0.0397. The molecule has 0 amide bonds. The summed E-state index contributed by atoms with van der Waals surface area (Å²) in [4.78, 5) is 10.8. The van der Waals surface area contributed by atoms with Gasteiger partial charge in [0.1, 0.15) is 0 Å². The first kappa shape index (κ1) is 10.8. The van der Waals surface area contributed by atoms with E-state index in [-0.39, 0.29) is 17.2 Å². The molecule has 0 aliphatic rings. The summed E-state index contributed by atoms with van der Waals surface area (Å²) in [6.45, 7) is -0.552. The minimum Gasteiger partial charge on any atom is -0.467 e. The van der Waals surface area contributed by atoms with E-state index in [0.29, 0.717) is 0 Å². The number of methoxy groups -OCH3 is 1. The summed E-state index contributed by atoms with van der Waals surface area (Å²) in [7, 11) is 1.34. The second-order valence-electron chi connectivity index (χ2n) is 2.19. The molecular formula is C6H7ClF2N4O. The van der Waals surface area contributed by atoms with Gasteiger partial charge in [-0.3, -0.25) is 0 Å². The van der Waals surface area contributed by atoms with Crippen molar-refractivity contribution in [2.75, 3.05) is 19.0 Å². The van der Waals surface area contributed by atoms with Crippen molar-refractivity contribution >= 4 is 17.5 Å². The zero-order chi connectivity index (χ0) is 10.6. The van der Waals surface area contributed by atoms with E-state index in [2.05, 4.69) is 25.0 Å². The summed E-state index contributed by atoms with van der Waals surface area (Å²) >= 11 is 5.47. The topological polar surface area (TPSA) is 59.9 Å². The van der Waals surface area contributed by atoms with Crippen molar-refractivity contribution in [3.8, 4) is 6.01 Å². The third kappa shape index (κ3) is 3.25. The maximum Gasteiger partial charge on any atom is 0.322 e. The Balaban J connectivity index is 2.71. The van der Waals surface area contributed by atoms with Crippen molar-refractivity contribution in [3.05, 3.63) is 5.28 Å². The summed E-state index contributed by atoms with van der Waals surface area (Å²) < 4.78 is 28.3. The van der Waals surface area contributed by atoms with Crippen LogP contribution in [0.4, 0.5) is 14.7 Å². The van der Waals surface area contributed by atoms with Crippen LogP contribution in [0.15, 0.2) is 0 Å². The molecule has 5 nitrogen and oxygen atoms in total. The molecule has 0 bridgehead atoms. The zero-order valence-electron chi connectivity index (χ0n) is 7.17. The molecule has 0 aliphatic carbocycles. The van der Waals surface area contributed by atoms with Gasteiger partial charge in [0, 0.05) is 0 Å². The van der Waals surface area contributed by atoms with Crippen molar-refractivity contribution in [1.82, 2.24) is 15.0 Å². The highest BCUT2D eigenvalue weighted by Crippen LogP contribution is 2.10. The van der Waals surface area contributed by atoms with Crippen LogP contribution in [-0.2, 0) is 0 Å². The molecule has 78 valence electrons. The lowest BCUT2D eigenvalue weighted by Gasteiger charge is -2.04. The number of anilines is 1. The predicted octanol–water partition coefficient (Wildman–Crippen LogP) is 1.21. The third-order valence-electron chi connectivity index (χ3n) is 1.18. The molecule has 0 atom stereocenters. The fourth-order valence-corrected chi connectivity index (χ4v) is 0.823. The number of hydrogen-bond donors (Lipinski definition) is 1. The fraction of sp³-hybridized carbons (Fsp3) is 0.500. The lowest BCUT2D eigenvalue weighted by atomic mass is 10.7. The highest BCUT2D eigenvalue weighted by Gasteiger charge is 2.07. The van der Waals surface area contributed by atoms with E-state index >= 15 is 0 Å². The van der Waals surface area contributed by atoms with Crippen LogP contribution in [0.25, 0.3) is 0 Å². The van der Waals surface area contributed by atoms with Gasteiger partial charge in [-0.15, -0.1) is 0 Å². The van der Waals surface area contributed by atoms with Crippen LogP contribution in [0, 0.1) is 0 Å². The van der Waals surface area contributed by atoms with Crippen molar-refractivity contribution in [3.63, 3.8) is 0 Å². The maximum absolute atomic E-state index is 11.8. The average Bonchev–Trinajstić information content (AvgIpc) is 2.14. The molecule has 0 fully saturated rings. The van der Waals surface area contributed by atoms with Crippen molar-refractivity contribution < 1.29 is 13.5 Å². The third-order valence-corrected chi connectivity index (χ3v) is 1.35. The average molecular weight is 225 g/mol. The number of aromatic nitrogens is 3. The Labute approximate surface area is 83.5 Å². The highest BCUT2D eigenvalue weighted by atomic mass is 35.5. The van der Waals surface area contributed by atoms with Gasteiger partial charge in [-0.05, 0) is 11.6 Å². The van der Waals surface area contributed by atoms with E-state index < -0.39 is 13.0 Å². The molecule has 0 aliphatic heterocycles. The zero-order valence-corrected chi connectivity index (χ0v) is 7.92. The van der Waals surface area contributed by atoms with Gasteiger partial charge in [0.2, 0.25) is 11.2 Å². The number of halogens is 3. The molecule has 8 heteroatoms. The van der Waals surface area contributed by atoms with Crippen LogP contribution in [0.3, 0.4) is 0 Å². The van der Waals surface area contributed by atoms with Crippen LogP contribution in [0.2, 0.25) is 5.28 Å². The molecule has 0 radical (unpaired) electrons. The Morgan fingerprint density at radius 1 is 1.43 bits per heavy atom. The summed E-state index contributed by atoms with van der Waals surface area (Å²) in [5, 5.41) is 2.17.